The van der Waals surface area contributed by atoms with Crippen LogP contribution in [0.2, 0.25) is 0 Å². The van der Waals surface area contributed by atoms with Crippen molar-refractivity contribution in [3.63, 3.8) is 0 Å². The second-order valence-corrected chi connectivity index (χ2v) is 4.53. The molecule has 0 atom stereocenters. The van der Waals surface area contributed by atoms with Gasteiger partial charge in [0.15, 0.2) is 0 Å². The first-order valence-corrected chi connectivity index (χ1v) is 5.27. The smallest absolute Gasteiger partial charge is 0.237 e. The van der Waals surface area contributed by atoms with Crippen molar-refractivity contribution < 1.29 is 4.79 Å². The molecule has 1 aliphatic rings. The molecular formula is C13H16NO. The van der Waals surface area contributed by atoms with E-state index in [0.717, 1.165) is 23.4 Å². The fourth-order valence-electron chi connectivity index (χ4n) is 2.20. The third-order valence-electron chi connectivity index (χ3n) is 3.12. The van der Waals surface area contributed by atoms with Crippen LogP contribution in [0.5, 0.6) is 0 Å². The summed E-state index contributed by atoms with van der Waals surface area (Å²) in [6.07, 6.45) is 0. The van der Waals surface area contributed by atoms with E-state index in [-0.39, 0.29) is 5.91 Å². The van der Waals surface area contributed by atoms with Crippen molar-refractivity contribution in [2.24, 2.45) is 0 Å². The average Bonchev–Trinajstić information content (AvgIpc) is 2.37. The van der Waals surface area contributed by atoms with E-state index in [4.69, 9.17) is 0 Å². The predicted octanol–water partition coefficient (Wildman–Crippen LogP) is 2.51. The highest BCUT2D eigenvalue weighted by Gasteiger charge is 2.42. The minimum atomic E-state index is -0.404. The summed E-state index contributed by atoms with van der Waals surface area (Å²) >= 11 is 0. The molecular weight excluding hydrogens is 186 g/mol. The fraction of sp³-hybridized carbons (Fsp3) is 0.385. The average molecular weight is 202 g/mol. The number of nitrogens with zero attached hydrogens (tertiary/aromatic N) is 1. The largest absolute Gasteiger partial charge is 0.312 e. The molecule has 0 spiro atoms. The van der Waals surface area contributed by atoms with Crippen LogP contribution >= 0.6 is 0 Å². The van der Waals surface area contributed by atoms with Gasteiger partial charge in [-0.05, 0) is 44.9 Å². The van der Waals surface area contributed by atoms with Crippen LogP contribution in [-0.4, -0.2) is 12.5 Å². The summed E-state index contributed by atoms with van der Waals surface area (Å²) in [6.45, 7) is 10.6. The fourth-order valence-corrected chi connectivity index (χ4v) is 2.20. The van der Waals surface area contributed by atoms with Crippen LogP contribution in [0.15, 0.2) is 18.2 Å². The van der Waals surface area contributed by atoms with Crippen molar-refractivity contribution >= 4 is 11.6 Å². The van der Waals surface area contributed by atoms with Gasteiger partial charge in [-0.25, -0.2) is 0 Å². The standard InChI is InChI=1S/C13H16NO/c1-5-14-11-7-6-9(2)8-10(11)13(3,4)12(14)15/h6-8H,2,5H2,1,3-4H3. The Kier molecular flexibility index (Phi) is 2.10. The number of anilines is 1. The number of likely N-dealkylation sites (N-methyl/N-ethyl adjacent to an activating group) is 1. The lowest BCUT2D eigenvalue weighted by atomic mass is 9.85. The zero-order valence-corrected chi connectivity index (χ0v) is 9.50. The van der Waals surface area contributed by atoms with Gasteiger partial charge in [-0.3, -0.25) is 4.79 Å². The van der Waals surface area contributed by atoms with Crippen molar-refractivity contribution in [3.8, 4) is 0 Å². The third kappa shape index (κ3) is 1.28. The molecule has 1 heterocycles. The normalized spacial score (nSPS) is 18.1. The molecule has 0 aliphatic carbocycles. The minimum Gasteiger partial charge on any atom is -0.312 e. The molecule has 0 bridgehead atoms. The van der Waals surface area contributed by atoms with Gasteiger partial charge in [0.25, 0.3) is 0 Å². The molecule has 1 aromatic carbocycles. The highest BCUT2D eigenvalue weighted by atomic mass is 16.2. The molecule has 0 fully saturated rings. The minimum absolute atomic E-state index is 0.186. The van der Waals surface area contributed by atoms with Crippen LogP contribution in [0.25, 0.3) is 0 Å². The topological polar surface area (TPSA) is 20.3 Å². The Labute approximate surface area is 90.9 Å². The van der Waals surface area contributed by atoms with Crippen LogP contribution in [0.4, 0.5) is 5.69 Å². The number of hydrogen-bond acceptors (Lipinski definition) is 1. The zero-order chi connectivity index (χ0) is 11.2. The summed E-state index contributed by atoms with van der Waals surface area (Å²) in [6, 6.07) is 5.97. The summed E-state index contributed by atoms with van der Waals surface area (Å²) in [5.74, 6) is 0.186. The molecule has 0 aromatic heterocycles. The van der Waals surface area contributed by atoms with Crippen LogP contribution in [-0.2, 0) is 10.2 Å². The molecule has 1 aromatic rings. The molecule has 79 valence electrons. The van der Waals surface area contributed by atoms with Gasteiger partial charge >= 0.3 is 0 Å². The van der Waals surface area contributed by atoms with E-state index in [1.165, 1.54) is 0 Å². The summed E-state index contributed by atoms with van der Waals surface area (Å²) in [5, 5.41) is 0. The predicted molar refractivity (Wildman–Crippen MR) is 62.0 cm³/mol. The molecule has 0 N–H and O–H groups in total. The van der Waals surface area contributed by atoms with Crippen LogP contribution in [0.3, 0.4) is 0 Å². The maximum absolute atomic E-state index is 12.1. The van der Waals surface area contributed by atoms with Gasteiger partial charge in [0.2, 0.25) is 5.91 Å². The Morgan fingerprint density at radius 3 is 2.67 bits per heavy atom. The van der Waals surface area contributed by atoms with Crippen molar-refractivity contribution in [2.75, 3.05) is 11.4 Å². The molecule has 15 heavy (non-hydrogen) atoms. The molecule has 2 nitrogen and oxygen atoms in total. The molecule has 1 aliphatic heterocycles. The van der Waals surface area contributed by atoms with Gasteiger partial charge in [-0.1, -0.05) is 12.1 Å². The lowest BCUT2D eigenvalue weighted by Crippen LogP contribution is -2.35. The summed E-state index contributed by atoms with van der Waals surface area (Å²) < 4.78 is 0. The number of hydrogen-bond donors (Lipinski definition) is 0. The van der Waals surface area contributed by atoms with Gasteiger partial charge in [0.05, 0.1) is 5.41 Å². The number of amides is 1. The maximum atomic E-state index is 12.1. The lowest BCUT2D eigenvalue weighted by molar-refractivity contribution is -0.122. The van der Waals surface area contributed by atoms with Gasteiger partial charge in [-0.15, -0.1) is 0 Å². The van der Waals surface area contributed by atoms with E-state index < -0.39 is 5.41 Å². The quantitative estimate of drug-likeness (QED) is 0.685. The maximum Gasteiger partial charge on any atom is 0.237 e. The number of benzene rings is 1. The number of fused-ring (bicyclic) bond motifs is 1. The van der Waals surface area contributed by atoms with Crippen molar-refractivity contribution in [3.05, 3.63) is 36.2 Å². The first-order chi connectivity index (χ1) is 6.98. The van der Waals surface area contributed by atoms with E-state index in [1.54, 1.807) is 0 Å². The van der Waals surface area contributed by atoms with Gasteiger partial charge in [-0.2, -0.15) is 0 Å². The van der Waals surface area contributed by atoms with Crippen molar-refractivity contribution in [1.29, 1.82) is 0 Å². The van der Waals surface area contributed by atoms with E-state index in [0.29, 0.717) is 0 Å². The highest BCUT2D eigenvalue weighted by molar-refractivity contribution is 6.07. The van der Waals surface area contributed by atoms with Gasteiger partial charge < -0.3 is 4.90 Å². The molecule has 2 heteroatoms. The Hall–Kier alpha value is -1.31. The van der Waals surface area contributed by atoms with Gasteiger partial charge in [0.1, 0.15) is 0 Å². The van der Waals surface area contributed by atoms with Crippen LogP contribution in [0.1, 0.15) is 31.9 Å². The Bertz CT molecular complexity index is 421. The second-order valence-electron chi connectivity index (χ2n) is 4.53. The molecule has 0 saturated heterocycles. The van der Waals surface area contributed by atoms with E-state index in [2.05, 4.69) is 6.92 Å². The third-order valence-corrected chi connectivity index (χ3v) is 3.12. The van der Waals surface area contributed by atoms with E-state index >= 15 is 0 Å². The number of carbonyl (C=O) groups excluding carboxylic acids is 1. The summed E-state index contributed by atoms with van der Waals surface area (Å²) in [4.78, 5) is 14.0. The number of rotatable bonds is 1. The highest BCUT2D eigenvalue weighted by Crippen LogP contribution is 2.41. The van der Waals surface area contributed by atoms with Crippen molar-refractivity contribution in [1.82, 2.24) is 0 Å². The van der Waals surface area contributed by atoms with Crippen LogP contribution < -0.4 is 4.90 Å². The molecule has 2 rings (SSSR count). The molecule has 1 radical (unpaired) electrons. The Balaban J connectivity index is 2.65. The second kappa shape index (κ2) is 3.09. The Morgan fingerprint density at radius 2 is 2.07 bits per heavy atom. The Morgan fingerprint density at radius 1 is 1.40 bits per heavy atom. The lowest BCUT2D eigenvalue weighted by Gasteiger charge is -2.18. The number of carbonyl (C=O) groups is 1. The first-order valence-electron chi connectivity index (χ1n) is 5.27. The summed E-state index contributed by atoms with van der Waals surface area (Å²) in [5.41, 5.74) is 2.70. The monoisotopic (exact) mass is 202 g/mol. The van der Waals surface area contributed by atoms with E-state index in [9.17, 15) is 4.79 Å². The molecule has 0 saturated carbocycles. The molecule has 0 unspecified atom stereocenters. The first kappa shape index (κ1) is 10.2. The zero-order valence-electron chi connectivity index (χ0n) is 9.50. The van der Waals surface area contributed by atoms with E-state index in [1.807, 2.05) is 43.9 Å². The van der Waals surface area contributed by atoms with Crippen molar-refractivity contribution in [2.45, 2.75) is 26.2 Å². The molecule has 1 amide bonds. The SMILES string of the molecule is [CH2]c1ccc2c(c1)C(C)(C)C(=O)N2CC. The van der Waals surface area contributed by atoms with Gasteiger partial charge in [0, 0.05) is 12.2 Å². The van der Waals surface area contributed by atoms with Crippen LogP contribution in [0, 0.1) is 6.92 Å². The summed E-state index contributed by atoms with van der Waals surface area (Å²) in [7, 11) is 0.